The van der Waals surface area contributed by atoms with Gasteiger partial charge in [0.25, 0.3) is 0 Å². The van der Waals surface area contributed by atoms with Gasteiger partial charge in [-0.05, 0) is 48.9 Å². The van der Waals surface area contributed by atoms with Crippen LogP contribution in [-0.2, 0) is 0 Å². The molecule has 4 heteroatoms. The number of aromatic nitrogens is 2. The van der Waals surface area contributed by atoms with Gasteiger partial charge in [0.2, 0.25) is 0 Å². The Hall–Kier alpha value is -2.13. The van der Waals surface area contributed by atoms with Crippen molar-refractivity contribution >= 4 is 28.3 Å². The number of aryl methyl sites for hydroxylation is 1. The summed E-state index contributed by atoms with van der Waals surface area (Å²) in [7, 11) is 3.99. The van der Waals surface area contributed by atoms with Gasteiger partial charge in [0, 0.05) is 30.1 Å². The summed E-state index contributed by atoms with van der Waals surface area (Å²) in [6.07, 6.45) is 0. The van der Waals surface area contributed by atoms with E-state index in [0.29, 0.717) is 10.8 Å². The van der Waals surface area contributed by atoms with E-state index in [4.69, 9.17) is 21.6 Å². The van der Waals surface area contributed by atoms with E-state index in [2.05, 4.69) is 25.1 Å². The minimum Gasteiger partial charge on any atom is -0.362 e. The Kier molecular flexibility index (Phi) is 3.52. The van der Waals surface area contributed by atoms with Crippen LogP contribution in [0.25, 0.3) is 22.3 Å². The lowest BCUT2D eigenvalue weighted by molar-refractivity contribution is 1.07. The smallest absolute Gasteiger partial charge is 0.162 e. The topological polar surface area (TPSA) is 29.0 Å². The zero-order valence-electron chi connectivity index (χ0n) is 12.3. The molecule has 0 radical (unpaired) electrons. The second-order valence-electron chi connectivity index (χ2n) is 5.29. The third-order valence-electron chi connectivity index (χ3n) is 3.36. The number of halogens is 1. The van der Waals surface area contributed by atoms with Crippen molar-refractivity contribution in [3.8, 4) is 11.4 Å². The summed E-state index contributed by atoms with van der Waals surface area (Å²) < 4.78 is 0. The lowest BCUT2D eigenvalue weighted by Crippen LogP contribution is -2.12. The molecule has 1 aromatic heterocycles. The number of nitrogens with zero attached hydrogens (tertiary/aromatic N) is 3. The van der Waals surface area contributed by atoms with E-state index in [-0.39, 0.29) is 0 Å². The fraction of sp³-hybridized carbons (Fsp3) is 0.176. The van der Waals surface area contributed by atoms with E-state index in [1.807, 2.05) is 43.3 Å². The quantitative estimate of drug-likeness (QED) is 0.705. The molecule has 0 saturated carbocycles. The van der Waals surface area contributed by atoms with Crippen LogP contribution in [-0.4, -0.2) is 24.1 Å². The normalized spacial score (nSPS) is 10.9. The maximum absolute atomic E-state index is 5.95. The Balaban J connectivity index is 2.26. The largest absolute Gasteiger partial charge is 0.362 e. The second kappa shape index (κ2) is 5.34. The molecule has 2 aromatic carbocycles. The fourth-order valence-electron chi connectivity index (χ4n) is 2.29. The minimum absolute atomic E-state index is 0.711. The van der Waals surface area contributed by atoms with Crippen LogP contribution < -0.4 is 4.90 Å². The summed E-state index contributed by atoms with van der Waals surface area (Å²) in [6, 6.07) is 13.8. The molecule has 0 fully saturated rings. The average molecular weight is 298 g/mol. The van der Waals surface area contributed by atoms with E-state index < -0.39 is 0 Å². The monoisotopic (exact) mass is 297 g/mol. The highest BCUT2D eigenvalue weighted by atomic mass is 35.5. The summed E-state index contributed by atoms with van der Waals surface area (Å²) in [5.41, 5.74) is 3.11. The SMILES string of the molecule is Cc1ccc2c(N(C)C)nc(-c3ccc(Cl)cc3)nc2c1. The molecule has 0 bridgehead atoms. The van der Waals surface area contributed by atoms with Crippen molar-refractivity contribution in [2.75, 3.05) is 19.0 Å². The molecule has 0 atom stereocenters. The molecule has 0 aliphatic carbocycles. The molecule has 0 aliphatic rings. The summed E-state index contributed by atoms with van der Waals surface area (Å²) in [5, 5.41) is 1.77. The van der Waals surface area contributed by atoms with E-state index in [0.717, 1.165) is 22.3 Å². The third kappa shape index (κ3) is 2.69. The molecule has 0 saturated heterocycles. The van der Waals surface area contributed by atoms with Crippen LogP contribution in [0.4, 0.5) is 5.82 Å². The van der Waals surface area contributed by atoms with Gasteiger partial charge in [-0.3, -0.25) is 0 Å². The first kappa shape index (κ1) is 13.8. The first-order chi connectivity index (χ1) is 10.0. The van der Waals surface area contributed by atoms with Crippen molar-refractivity contribution in [1.82, 2.24) is 9.97 Å². The lowest BCUT2D eigenvalue weighted by atomic mass is 10.1. The van der Waals surface area contributed by atoms with E-state index in [9.17, 15) is 0 Å². The average Bonchev–Trinajstić information content (AvgIpc) is 2.46. The highest BCUT2D eigenvalue weighted by molar-refractivity contribution is 6.30. The molecule has 3 aromatic rings. The predicted octanol–water partition coefficient (Wildman–Crippen LogP) is 4.32. The number of hydrogen-bond acceptors (Lipinski definition) is 3. The first-order valence-electron chi connectivity index (χ1n) is 6.76. The van der Waals surface area contributed by atoms with Crippen LogP contribution in [0.5, 0.6) is 0 Å². The molecular weight excluding hydrogens is 282 g/mol. The Bertz CT molecular complexity index is 795. The highest BCUT2D eigenvalue weighted by Gasteiger charge is 2.11. The molecule has 1 heterocycles. The fourth-order valence-corrected chi connectivity index (χ4v) is 2.42. The van der Waals surface area contributed by atoms with Gasteiger partial charge in [0.15, 0.2) is 5.82 Å². The molecule has 21 heavy (non-hydrogen) atoms. The number of fused-ring (bicyclic) bond motifs is 1. The van der Waals surface area contributed by atoms with Gasteiger partial charge in [-0.2, -0.15) is 0 Å². The Morgan fingerprint density at radius 2 is 1.67 bits per heavy atom. The summed E-state index contributed by atoms with van der Waals surface area (Å²) >= 11 is 5.95. The molecule has 0 amide bonds. The van der Waals surface area contributed by atoms with Crippen LogP contribution >= 0.6 is 11.6 Å². The lowest BCUT2D eigenvalue weighted by Gasteiger charge is -2.15. The van der Waals surface area contributed by atoms with Gasteiger partial charge in [0.05, 0.1) is 5.52 Å². The summed E-state index contributed by atoms with van der Waals surface area (Å²) in [6.45, 7) is 2.07. The van der Waals surface area contributed by atoms with Gasteiger partial charge in [-0.15, -0.1) is 0 Å². The molecule has 0 aliphatic heterocycles. The van der Waals surface area contributed by atoms with E-state index in [1.165, 1.54) is 5.56 Å². The van der Waals surface area contributed by atoms with Crippen molar-refractivity contribution < 1.29 is 0 Å². The predicted molar refractivity (Wildman–Crippen MR) is 89.0 cm³/mol. The molecule has 106 valence electrons. The van der Waals surface area contributed by atoms with Crippen molar-refractivity contribution in [3.05, 3.63) is 53.1 Å². The summed E-state index contributed by atoms with van der Waals surface area (Å²) in [5.74, 6) is 1.64. The highest BCUT2D eigenvalue weighted by Crippen LogP contribution is 2.27. The van der Waals surface area contributed by atoms with E-state index >= 15 is 0 Å². The number of benzene rings is 2. The van der Waals surface area contributed by atoms with Gasteiger partial charge >= 0.3 is 0 Å². The van der Waals surface area contributed by atoms with Gasteiger partial charge in [0.1, 0.15) is 5.82 Å². The maximum Gasteiger partial charge on any atom is 0.162 e. The van der Waals surface area contributed by atoms with Gasteiger partial charge in [-0.1, -0.05) is 17.7 Å². The molecular formula is C17H16ClN3. The number of anilines is 1. The van der Waals surface area contributed by atoms with Crippen LogP contribution in [0, 0.1) is 6.92 Å². The van der Waals surface area contributed by atoms with E-state index in [1.54, 1.807) is 0 Å². The third-order valence-corrected chi connectivity index (χ3v) is 3.61. The minimum atomic E-state index is 0.711. The zero-order chi connectivity index (χ0) is 15.0. The second-order valence-corrected chi connectivity index (χ2v) is 5.73. The van der Waals surface area contributed by atoms with Crippen molar-refractivity contribution in [3.63, 3.8) is 0 Å². The number of rotatable bonds is 2. The van der Waals surface area contributed by atoms with Crippen molar-refractivity contribution in [2.45, 2.75) is 6.92 Å². The summed E-state index contributed by atoms with van der Waals surface area (Å²) in [4.78, 5) is 11.4. The van der Waals surface area contributed by atoms with Crippen LogP contribution in [0.3, 0.4) is 0 Å². The van der Waals surface area contributed by atoms with Crippen molar-refractivity contribution in [1.29, 1.82) is 0 Å². The van der Waals surface area contributed by atoms with Crippen LogP contribution in [0.15, 0.2) is 42.5 Å². The Morgan fingerprint density at radius 1 is 0.952 bits per heavy atom. The zero-order valence-corrected chi connectivity index (χ0v) is 13.0. The van der Waals surface area contributed by atoms with Gasteiger partial charge < -0.3 is 4.90 Å². The standard InChI is InChI=1S/C17H16ClN3/c1-11-4-9-14-15(10-11)19-16(20-17(14)21(2)3)12-5-7-13(18)8-6-12/h4-10H,1-3H3. The molecule has 3 nitrogen and oxygen atoms in total. The van der Waals surface area contributed by atoms with Crippen LogP contribution in [0.2, 0.25) is 5.02 Å². The molecule has 0 N–H and O–H groups in total. The molecule has 0 spiro atoms. The van der Waals surface area contributed by atoms with Crippen LogP contribution in [0.1, 0.15) is 5.56 Å². The number of hydrogen-bond donors (Lipinski definition) is 0. The van der Waals surface area contributed by atoms with Gasteiger partial charge in [-0.25, -0.2) is 9.97 Å². The Labute approximate surface area is 129 Å². The molecule has 3 rings (SSSR count). The Morgan fingerprint density at radius 3 is 2.33 bits per heavy atom. The first-order valence-corrected chi connectivity index (χ1v) is 7.14. The molecule has 0 unspecified atom stereocenters. The maximum atomic E-state index is 5.95. The van der Waals surface area contributed by atoms with Crippen molar-refractivity contribution in [2.24, 2.45) is 0 Å².